The zero-order chi connectivity index (χ0) is 20.4. The van der Waals surface area contributed by atoms with Crippen LogP contribution in [0.5, 0.6) is 5.75 Å². The Morgan fingerprint density at radius 2 is 1.79 bits per heavy atom. The molecule has 144 valence electrons. The third kappa shape index (κ3) is 4.00. The van der Waals surface area contributed by atoms with Crippen molar-refractivity contribution in [1.29, 1.82) is 0 Å². The molecule has 1 aromatic heterocycles. The molecule has 4 rings (SSSR count). The average Bonchev–Trinajstić information content (AvgIpc) is 2.74. The number of rotatable bonds is 4. The molecule has 0 atom stereocenters. The van der Waals surface area contributed by atoms with Crippen molar-refractivity contribution >= 4 is 38.4 Å². The fourth-order valence-electron chi connectivity index (χ4n) is 3.30. The van der Waals surface area contributed by atoms with E-state index < -0.39 is 0 Å². The van der Waals surface area contributed by atoms with Crippen LogP contribution >= 0.6 is 15.9 Å². The molecule has 4 aromatic rings. The highest BCUT2D eigenvalue weighted by Gasteiger charge is 2.16. The summed E-state index contributed by atoms with van der Waals surface area (Å²) in [5, 5.41) is 3.78. The van der Waals surface area contributed by atoms with Crippen LogP contribution in [0, 0.1) is 6.92 Å². The number of methoxy groups -OCH3 is 1. The third-order valence-corrected chi connectivity index (χ3v) is 5.17. The Morgan fingerprint density at radius 1 is 1.00 bits per heavy atom. The molecule has 0 aliphatic rings. The molecule has 0 saturated heterocycles. The van der Waals surface area contributed by atoms with Crippen molar-refractivity contribution in [2.75, 3.05) is 12.4 Å². The number of ether oxygens (including phenoxy) is 1. The van der Waals surface area contributed by atoms with Gasteiger partial charge in [0.1, 0.15) is 5.75 Å². The summed E-state index contributed by atoms with van der Waals surface area (Å²) >= 11 is 3.54. The maximum atomic E-state index is 13.2. The second kappa shape index (κ2) is 8.05. The SMILES string of the molecule is COc1cccc(NC(=O)c2cc(-c3ccccc3)nc3c(C)cc(Br)cc23)c1. The van der Waals surface area contributed by atoms with Crippen molar-refractivity contribution in [3.05, 3.63) is 88.4 Å². The summed E-state index contributed by atoms with van der Waals surface area (Å²) in [6.45, 7) is 2.00. The van der Waals surface area contributed by atoms with E-state index in [0.717, 1.165) is 32.2 Å². The molecule has 29 heavy (non-hydrogen) atoms. The van der Waals surface area contributed by atoms with Crippen molar-refractivity contribution in [2.24, 2.45) is 0 Å². The summed E-state index contributed by atoms with van der Waals surface area (Å²) in [5.74, 6) is 0.492. The number of hydrogen-bond donors (Lipinski definition) is 1. The first kappa shape index (κ1) is 19.2. The molecule has 0 aliphatic carbocycles. The molecule has 1 amide bonds. The third-order valence-electron chi connectivity index (χ3n) is 4.71. The van der Waals surface area contributed by atoms with Gasteiger partial charge in [-0.15, -0.1) is 0 Å². The number of carbonyl (C=O) groups excluding carboxylic acids is 1. The molecule has 0 saturated carbocycles. The molecule has 0 bridgehead atoms. The summed E-state index contributed by atoms with van der Waals surface area (Å²) in [5.41, 5.74) is 4.78. The Hall–Kier alpha value is -3.18. The minimum atomic E-state index is -0.194. The van der Waals surface area contributed by atoms with Gasteiger partial charge >= 0.3 is 0 Å². The Kier molecular flexibility index (Phi) is 5.32. The van der Waals surface area contributed by atoms with Crippen LogP contribution in [-0.2, 0) is 0 Å². The largest absolute Gasteiger partial charge is 0.497 e. The normalized spacial score (nSPS) is 10.7. The number of fused-ring (bicyclic) bond motifs is 1. The van der Waals surface area contributed by atoms with Gasteiger partial charge in [0.25, 0.3) is 5.91 Å². The summed E-state index contributed by atoms with van der Waals surface area (Å²) in [7, 11) is 1.60. The molecule has 0 unspecified atom stereocenters. The van der Waals surface area contributed by atoms with Gasteiger partial charge in [-0.3, -0.25) is 4.79 Å². The number of anilines is 1. The van der Waals surface area contributed by atoms with E-state index in [1.54, 1.807) is 13.2 Å². The minimum absolute atomic E-state index is 0.194. The number of carbonyl (C=O) groups is 1. The molecular weight excluding hydrogens is 428 g/mol. The van der Waals surface area contributed by atoms with Gasteiger partial charge in [-0.1, -0.05) is 52.3 Å². The van der Waals surface area contributed by atoms with Crippen LogP contribution in [0.3, 0.4) is 0 Å². The Labute approximate surface area is 177 Å². The highest BCUT2D eigenvalue weighted by molar-refractivity contribution is 9.10. The molecule has 0 fully saturated rings. The van der Waals surface area contributed by atoms with E-state index in [4.69, 9.17) is 9.72 Å². The molecule has 1 N–H and O–H groups in total. The number of pyridine rings is 1. The quantitative estimate of drug-likeness (QED) is 0.403. The summed E-state index contributed by atoms with van der Waals surface area (Å²) in [6.07, 6.45) is 0. The van der Waals surface area contributed by atoms with Gasteiger partial charge < -0.3 is 10.1 Å². The van der Waals surface area contributed by atoms with Gasteiger partial charge in [0.05, 0.1) is 23.9 Å². The number of aromatic nitrogens is 1. The van der Waals surface area contributed by atoms with Crippen LogP contribution < -0.4 is 10.1 Å². The first-order valence-corrected chi connectivity index (χ1v) is 9.96. The van der Waals surface area contributed by atoms with Crippen molar-refractivity contribution in [3.8, 4) is 17.0 Å². The maximum Gasteiger partial charge on any atom is 0.256 e. The number of amides is 1. The van der Waals surface area contributed by atoms with Gasteiger partial charge in [-0.25, -0.2) is 4.98 Å². The lowest BCUT2D eigenvalue weighted by atomic mass is 10.0. The van der Waals surface area contributed by atoms with Gasteiger partial charge in [0.15, 0.2) is 0 Å². The molecule has 4 nitrogen and oxygen atoms in total. The number of nitrogens with one attached hydrogen (secondary N) is 1. The number of aryl methyl sites for hydroxylation is 1. The molecule has 5 heteroatoms. The second-order valence-electron chi connectivity index (χ2n) is 6.73. The fourth-order valence-corrected chi connectivity index (χ4v) is 3.87. The Bertz CT molecular complexity index is 1210. The lowest BCUT2D eigenvalue weighted by Crippen LogP contribution is -2.13. The zero-order valence-electron chi connectivity index (χ0n) is 16.1. The van der Waals surface area contributed by atoms with E-state index in [-0.39, 0.29) is 5.91 Å². The van der Waals surface area contributed by atoms with Crippen LogP contribution in [-0.4, -0.2) is 18.0 Å². The Balaban J connectivity index is 1.86. The van der Waals surface area contributed by atoms with E-state index in [2.05, 4.69) is 21.2 Å². The summed E-state index contributed by atoms with van der Waals surface area (Å²) in [6, 6.07) is 23.0. The van der Waals surface area contributed by atoms with Crippen LogP contribution in [0.15, 0.2) is 77.3 Å². The minimum Gasteiger partial charge on any atom is -0.497 e. The van der Waals surface area contributed by atoms with E-state index in [1.807, 2.05) is 73.7 Å². The smallest absolute Gasteiger partial charge is 0.256 e. The highest BCUT2D eigenvalue weighted by Crippen LogP contribution is 2.30. The fraction of sp³-hybridized carbons (Fsp3) is 0.0833. The summed E-state index contributed by atoms with van der Waals surface area (Å²) in [4.78, 5) is 18.1. The van der Waals surface area contributed by atoms with Gasteiger partial charge in [-0.05, 0) is 42.8 Å². The van der Waals surface area contributed by atoms with Crippen LogP contribution in [0.2, 0.25) is 0 Å². The van der Waals surface area contributed by atoms with E-state index >= 15 is 0 Å². The number of halogens is 1. The molecule has 0 spiro atoms. The van der Waals surface area contributed by atoms with Crippen LogP contribution in [0.4, 0.5) is 5.69 Å². The van der Waals surface area contributed by atoms with Crippen molar-refractivity contribution in [1.82, 2.24) is 4.98 Å². The average molecular weight is 447 g/mol. The number of nitrogens with zero attached hydrogens (tertiary/aromatic N) is 1. The van der Waals surface area contributed by atoms with Crippen LogP contribution in [0.1, 0.15) is 15.9 Å². The summed E-state index contributed by atoms with van der Waals surface area (Å²) < 4.78 is 6.16. The topological polar surface area (TPSA) is 51.2 Å². The zero-order valence-corrected chi connectivity index (χ0v) is 17.7. The van der Waals surface area contributed by atoms with Crippen LogP contribution in [0.25, 0.3) is 22.2 Å². The van der Waals surface area contributed by atoms with Crippen molar-refractivity contribution < 1.29 is 9.53 Å². The highest BCUT2D eigenvalue weighted by atomic mass is 79.9. The standard InChI is InChI=1S/C24H19BrN2O2/c1-15-11-17(25)12-20-21(24(28)26-18-9-6-10-19(13-18)29-2)14-22(27-23(15)20)16-7-4-3-5-8-16/h3-14H,1-2H3,(H,26,28). The molecule has 0 radical (unpaired) electrons. The van der Waals surface area contributed by atoms with Crippen molar-refractivity contribution in [3.63, 3.8) is 0 Å². The molecule has 1 heterocycles. The predicted molar refractivity (Wildman–Crippen MR) is 121 cm³/mol. The lowest BCUT2D eigenvalue weighted by Gasteiger charge is -2.13. The predicted octanol–water partition coefficient (Wildman–Crippen LogP) is 6.23. The molecule has 3 aromatic carbocycles. The first-order chi connectivity index (χ1) is 14.0. The maximum absolute atomic E-state index is 13.2. The van der Waals surface area contributed by atoms with E-state index in [0.29, 0.717) is 17.0 Å². The van der Waals surface area contributed by atoms with E-state index in [1.165, 1.54) is 0 Å². The van der Waals surface area contributed by atoms with Gasteiger partial charge in [0, 0.05) is 27.2 Å². The van der Waals surface area contributed by atoms with Crippen molar-refractivity contribution in [2.45, 2.75) is 6.92 Å². The van der Waals surface area contributed by atoms with Gasteiger partial charge in [-0.2, -0.15) is 0 Å². The number of benzene rings is 3. The van der Waals surface area contributed by atoms with Gasteiger partial charge in [0.2, 0.25) is 0 Å². The molecular formula is C24H19BrN2O2. The molecule has 0 aliphatic heterocycles. The monoisotopic (exact) mass is 446 g/mol. The first-order valence-electron chi connectivity index (χ1n) is 9.17. The lowest BCUT2D eigenvalue weighted by molar-refractivity contribution is 0.102. The number of hydrogen-bond acceptors (Lipinski definition) is 3. The second-order valence-corrected chi connectivity index (χ2v) is 7.64. The Morgan fingerprint density at radius 3 is 2.55 bits per heavy atom. The van der Waals surface area contributed by atoms with E-state index in [9.17, 15) is 4.79 Å².